The number of rotatable bonds is 8. The van der Waals surface area contributed by atoms with Gasteiger partial charge in [0.2, 0.25) is 5.91 Å². The van der Waals surface area contributed by atoms with Crippen LogP contribution < -0.4 is 10.6 Å². The highest BCUT2D eigenvalue weighted by Gasteiger charge is 2.26. The van der Waals surface area contributed by atoms with E-state index in [0.717, 1.165) is 64.3 Å². The largest absolute Gasteiger partial charge is 0.356 e. The Hall–Kier alpha value is -1.30. The molecule has 2 aliphatic carbocycles. The van der Waals surface area contributed by atoms with Crippen LogP contribution in [0, 0.1) is 5.92 Å². The number of likely N-dealkylation sites (tertiary alicyclic amines) is 1. The Kier molecular flexibility index (Phi) is 9.76. The average Bonchev–Trinajstić information content (AvgIpc) is 2.78. The van der Waals surface area contributed by atoms with Crippen LogP contribution in [0.5, 0.6) is 0 Å². The van der Waals surface area contributed by atoms with Gasteiger partial charge in [-0.1, -0.05) is 38.5 Å². The summed E-state index contributed by atoms with van der Waals surface area (Å²) in [6.07, 6.45) is 16.3. The zero-order valence-corrected chi connectivity index (χ0v) is 19.2. The SMILES string of the molecule is CN(CCCNC(=O)CC1CCN(C(=O)NC2CCCCC2)CC1)C1CCCCC1. The highest BCUT2D eigenvalue weighted by Crippen LogP contribution is 2.23. The molecule has 0 aromatic heterocycles. The van der Waals surface area contributed by atoms with E-state index < -0.39 is 0 Å². The fourth-order valence-electron chi connectivity index (χ4n) is 5.45. The monoisotopic (exact) mass is 420 g/mol. The molecule has 1 saturated heterocycles. The molecule has 0 atom stereocenters. The van der Waals surface area contributed by atoms with Gasteiger partial charge in [0.05, 0.1) is 0 Å². The van der Waals surface area contributed by atoms with Gasteiger partial charge in [0, 0.05) is 38.1 Å². The van der Waals surface area contributed by atoms with E-state index in [9.17, 15) is 9.59 Å². The molecule has 0 radical (unpaired) electrons. The fourth-order valence-corrected chi connectivity index (χ4v) is 5.45. The van der Waals surface area contributed by atoms with Crippen molar-refractivity contribution in [2.45, 2.75) is 102 Å². The van der Waals surface area contributed by atoms with E-state index in [-0.39, 0.29) is 11.9 Å². The first-order chi connectivity index (χ1) is 14.6. The van der Waals surface area contributed by atoms with Crippen molar-refractivity contribution in [3.05, 3.63) is 0 Å². The maximum Gasteiger partial charge on any atom is 0.317 e. The van der Waals surface area contributed by atoms with Gasteiger partial charge in [-0.25, -0.2) is 4.79 Å². The molecular formula is C24H44N4O2. The van der Waals surface area contributed by atoms with Crippen LogP contribution in [0.3, 0.4) is 0 Å². The van der Waals surface area contributed by atoms with Gasteiger partial charge in [-0.3, -0.25) is 4.79 Å². The van der Waals surface area contributed by atoms with E-state index in [1.807, 2.05) is 4.90 Å². The Bertz CT molecular complexity index is 521. The lowest BCUT2D eigenvalue weighted by atomic mass is 9.93. The summed E-state index contributed by atoms with van der Waals surface area (Å²) >= 11 is 0. The lowest BCUT2D eigenvalue weighted by Crippen LogP contribution is -2.48. The topological polar surface area (TPSA) is 64.7 Å². The van der Waals surface area contributed by atoms with Crippen LogP contribution in [0.4, 0.5) is 4.79 Å². The Morgan fingerprint density at radius 2 is 1.53 bits per heavy atom. The standard InChI is InChI=1S/C24H44N4O2/c1-27(22-11-6-3-7-12-22)16-8-15-25-23(29)19-20-13-17-28(18-14-20)24(30)26-21-9-4-2-5-10-21/h20-22H,2-19H2,1H3,(H,25,29)(H,26,30). The Morgan fingerprint density at radius 3 is 2.20 bits per heavy atom. The molecule has 3 aliphatic rings. The van der Waals surface area contributed by atoms with Crippen molar-refractivity contribution in [3.8, 4) is 0 Å². The molecule has 0 unspecified atom stereocenters. The normalized spacial score (nSPS) is 22.3. The first-order valence-electron chi connectivity index (χ1n) is 12.6. The molecule has 3 rings (SSSR count). The number of carbonyl (C=O) groups is 2. The smallest absolute Gasteiger partial charge is 0.317 e. The second kappa shape index (κ2) is 12.5. The van der Waals surface area contributed by atoms with Crippen LogP contribution in [0.15, 0.2) is 0 Å². The van der Waals surface area contributed by atoms with Crippen molar-refractivity contribution in [3.63, 3.8) is 0 Å². The first-order valence-corrected chi connectivity index (χ1v) is 12.6. The van der Waals surface area contributed by atoms with E-state index in [2.05, 4.69) is 22.6 Å². The van der Waals surface area contributed by atoms with Crippen molar-refractivity contribution in [2.75, 3.05) is 33.2 Å². The first kappa shape index (κ1) is 23.4. The molecule has 6 nitrogen and oxygen atoms in total. The molecule has 0 aromatic rings. The second-order valence-corrected chi connectivity index (χ2v) is 9.89. The minimum atomic E-state index is 0.104. The zero-order chi connectivity index (χ0) is 21.2. The van der Waals surface area contributed by atoms with Gasteiger partial charge in [-0.05, 0) is 64.5 Å². The molecule has 0 bridgehead atoms. The summed E-state index contributed by atoms with van der Waals surface area (Å²) in [4.78, 5) is 29.2. The van der Waals surface area contributed by atoms with Gasteiger partial charge >= 0.3 is 6.03 Å². The summed E-state index contributed by atoms with van der Waals surface area (Å²) in [6.45, 7) is 3.41. The third-order valence-corrected chi connectivity index (χ3v) is 7.52. The van der Waals surface area contributed by atoms with Crippen LogP contribution >= 0.6 is 0 Å². The molecule has 6 heteroatoms. The molecule has 2 N–H and O–H groups in total. The van der Waals surface area contributed by atoms with Crippen LogP contribution in [-0.2, 0) is 4.79 Å². The van der Waals surface area contributed by atoms with E-state index in [1.54, 1.807) is 0 Å². The summed E-state index contributed by atoms with van der Waals surface area (Å²) in [7, 11) is 2.23. The molecule has 1 aliphatic heterocycles. The Morgan fingerprint density at radius 1 is 0.900 bits per heavy atom. The summed E-state index contributed by atoms with van der Waals surface area (Å²) in [5, 5.41) is 6.33. The van der Waals surface area contributed by atoms with E-state index in [1.165, 1.54) is 51.4 Å². The van der Waals surface area contributed by atoms with Gasteiger partial charge in [0.1, 0.15) is 0 Å². The number of hydrogen-bond acceptors (Lipinski definition) is 3. The third-order valence-electron chi connectivity index (χ3n) is 7.52. The van der Waals surface area contributed by atoms with Gasteiger partial charge in [0.25, 0.3) is 0 Å². The second-order valence-electron chi connectivity index (χ2n) is 9.89. The molecule has 0 aromatic carbocycles. The minimum absolute atomic E-state index is 0.104. The number of nitrogens with one attached hydrogen (secondary N) is 2. The van der Waals surface area contributed by atoms with Gasteiger partial charge in [0.15, 0.2) is 0 Å². The third kappa shape index (κ3) is 7.75. The lowest BCUT2D eigenvalue weighted by Gasteiger charge is -2.33. The number of urea groups is 1. The lowest BCUT2D eigenvalue weighted by molar-refractivity contribution is -0.122. The van der Waals surface area contributed by atoms with Crippen LogP contribution in [0.1, 0.15) is 89.9 Å². The van der Waals surface area contributed by atoms with E-state index >= 15 is 0 Å². The minimum Gasteiger partial charge on any atom is -0.356 e. The highest BCUT2D eigenvalue weighted by molar-refractivity contribution is 5.76. The summed E-state index contributed by atoms with van der Waals surface area (Å²) in [5.74, 6) is 0.592. The number of hydrogen-bond donors (Lipinski definition) is 2. The number of carbonyl (C=O) groups excluding carboxylic acids is 2. The average molecular weight is 421 g/mol. The van der Waals surface area contributed by atoms with Gasteiger partial charge < -0.3 is 20.4 Å². The molecule has 1 heterocycles. The molecule has 3 fully saturated rings. The summed E-state index contributed by atoms with van der Waals surface area (Å²) < 4.78 is 0. The highest BCUT2D eigenvalue weighted by atomic mass is 16.2. The van der Waals surface area contributed by atoms with Crippen LogP contribution in [0.2, 0.25) is 0 Å². The predicted octanol–water partition coefficient (Wildman–Crippen LogP) is 3.90. The van der Waals surface area contributed by atoms with Crippen molar-refractivity contribution < 1.29 is 9.59 Å². The van der Waals surface area contributed by atoms with Crippen molar-refractivity contribution in [1.82, 2.24) is 20.4 Å². The zero-order valence-electron chi connectivity index (χ0n) is 19.2. The Labute approximate surface area is 183 Å². The van der Waals surface area contributed by atoms with Crippen molar-refractivity contribution in [2.24, 2.45) is 5.92 Å². The molecular weight excluding hydrogens is 376 g/mol. The van der Waals surface area contributed by atoms with Crippen LogP contribution in [0.25, 0.3) is 0 Å². The van der Waals surface area contributed by atoms with Crippen molar-refractivity contribution in [1.29, 1.82) is 0 Å². The van der Waals surface area contributed by atoms with E-state index in [4.69, 9.17) is 0 Å². The van der Waals surface area contributed by atoms with Crippen molar-refractivity contribution >= 4 is 11.9 Å². The number of amides is 3. The number of nitrogens with zero attached hydrogens (tertiary/aromatic N) is 2. The molecule has 30 heavy (non-hydrogen) atoms. The number of piperidine rings is 1. The summed E-state index contributed by atoms with van der Waals surface area (Å²) in [6, 6.07) is 1.22. The maximum atomic E-state index is 12.5. The maximum absolute atomic E-state index is 12.5. The molecule has 0 spiro atoms. The molecule has 2 saturated carbocycles. The fraction of sp³-hybridized carbons (Fsp3) is 0.917. The predicted molar refractivity (Wildman–Crippen MR) is 121 cm³/mol. The quantitative estimate of drug-likeness (QED) is 0.585. The van der Waals surface area contributed by atoms with Gasteiger partial charge in [-0.2, -0.15) is 0 Å². The molecule has 3 amide bonds. The van der Waals surface area contributed by atoms with Gasteiger partial charge in [-0.15, -0.1) is 0 Å². The van der Waals surface area contributed by atoms with E-state index in [0.29, 0.717) is 18.4 Å². The summed E-state index contributed by atoms with van der Waals surface area (Å²) in [5.41, 5.74) is 0. The molecule has 172 valence electrons. The Balaban J connectivity index is 1.23. The van der Waals surface area contributed by atoms with Crippen LogP contribution in [-0.4, -0.2) is 67.0 Å².